The molecule has 0 saturated heterocycles. The standard InChI is InChI=1S/C21H32N2O6/c1-27-17-11-14(12-18(28-2)19(17)29-3)20(25)23-16(13-24)21(26)22-15-9-7-5-4-6-8-10-15/h11-12,15-16,24H,4-10,13H2,1-3H3,(H,22,26)(H,23,25)/t16-/m0/s1. The van der Waals surface area contributed by atoms with Crippen molar-refractivity contribution in [3.63, 3.8) is 0 Å². The molecule has 1 saturated carbocycles. The Morgan fingerprint density at radius 1 is 1.00 bits per heavy atom. The molecule has 0 aliphatic heterocycles. The summed E-state index contributed by atoms with van der Waals surface area (Å²) in [5, 5.41) is 15.2. The number of hydrogen-bond acceptors (Lipinski definition) is 6. The van der Waals surface area contributed by atoms with E-state index < -0.39 is 18.6 Å². The molecule has 8 nitrogen and oxygen atoms in total. The van der Waals surface area contributed by atoms with Gasteiger partial charge in [-0.3, -0.25) is 9.59 Å². The van der Waals surface area contributed by atoms with Crippen molar-refractivity contribution in [3.05, 3.63) is 17.7 Å². The number of ether oxygens (including phenoxy) is 3. The van der Waals surface area contributed by atoms with Crippen molar-refractivity contribution in [3.8, 4) is 17.2 Å². The average Bonchev–Trinajstić information content (AvgIpc) is 2.72. The molecule has 1 aliphatic rings. The molecule has 1 fully saturated rings. The average molecular weight is 408 g/mol. The van der Waals surface area contributed by atoms with Gasteiger partial charge >= 0.3 is 0 Å². The third-order valence-corrected chi connectivity index (χ3v) is 5.18. The van der Waals surface area contributed by atoms with Crippen molar-refractivity contribution in [2.24, 2.45) is 0 Å². The molecule has 1 aromatic carbocycles. The van der Waals surface area contributed by atoms with Gasteiger partial charge in [0.2, 0.25) is 11.7 Å². The minimum Gasteiger partial charge on any atom is -0.493 e. The topological polar surface area (TPSA) is 106 Å². The fraction of sp³-hybridized carbons (Fsp3) is 0.619. The van der Waals surface area contributed by atoms with Gasteiger partial charge in [0, 0.05) is 11.6 Å². The zero-order valence-corrected chi connectivity index (χ0v) is 17.5. The van der Waals surface area contributed by atoms with Crippen LogP contribution in [0.3, 0.4) is 0 Å². The summed E-state index contributed by atoms with van der Waals surface area (Å²) in [5.41, 5.74) is 0.233. The maximum atomic E-state index is 12.7. The minimum absolute atomic E-state index is 0.0786. The smallest absolute Gasteiger partial charge is 0.252 e. The summed E-state index contributed by atoms with van der Waals surface area (Å²) in [6.07, 6.45) is 7.58. The summed E-state index contributed by atoms with van der Waals surface area (Å²) < 4.78 is 15.8. The maximum absolute atomic E-state index is 12.7. The zero-order valence-electron chi connectivity index (χ0n) is 17.5. The molecule has 0 heterocycles. The normalized spacial score (nSPS) is 16.1. The minimum atomic E-state index is -1.04. The number of carbonyl (C=O) groups is 2. The van der Waals surface area contributed by atoms with Crippen molar-refractivity contribution in [2.75, 3.05) is 27.9 Å². The van der Waals surface area contributed by atoms with E-state index in [1.807, 2.05) is 0 Å². The first kappa shape index (κ1) is 22.8. The van der Waals surface area contributed by atoms with Crippen LogP contribution >= 0.6 is 0 Å². The number of benzene rings is 1. The largest absolute Gasteiger partial charge is 0.493 e. The van der Waals surface area contributed by atoms with Crippen molar-refractivity contribution < 1.29 is 28.9 Å². The van der Waals surface area contributed by atoms with Crippen LogP contribution in [0.2, 0.25) is 0 Å². The Bertz CT molecular complexity index is 661. The highest BCUT2D eigenvalue weighted by Crippen LogP contribution is 2.38. The van der Waals surface area contributed by atoms with E-state index in [4.69, 9.17) is 14.2 Å². The number of nitrogens with one attached hydrogen (secondary N) is 2. The first-order valence-electron chi connectivity index (χ1n) is 10.1. The van der Waals surface area contributed by atoms with Crippen LogP contribution in [0, 0.1) is 0 Å². The number of aliphatic hydroxyl groups excluding tert-OH is 1. The number of methoxy groups -OCH3 is 3. The van der Waals surface area contributed by atoms with Crippen LogP contribution in [0.5, 0.6) is 17.2 Å². The van der Waals surface area contributed by atoms with Gasteiger partial charge in [0.05, 0.1) is 27.9 Å². The van der Waals surface area contributed by atoms with Crippen LogP contribution in [0.4, 0.5) is 0 Å². The van der Waals surface area contributed by atoms with Gasteiger partial charge in [0.15, 0.2) is 11.5 Å². The van der Waals surface area contributed by atoms with Crippen LogP contribution in [-0.4, -0.2) is 56.9 Å². The van der Waals surface area contributed by atoms with E-state index in [1.165, 1.54) is 52.7 Å². The second kappa shape index (κ2) is 11.5. The highest BCUT2D eigenvalue weighted by atomic mass is 16.5. The molecule has 0 aromatic heterocycles. The number of carbonyl (C=O) groups excluding carboxylic acids is 2. The number of amides is 2. The lowest BCUT2D eigenvalue weighted by molar-refractivity contribution is -0.124. The molecule has 162 valence electrons. The van der Waals surface area contributed by atoms with Crippen molar-refractivity contribution in [1.29, 1.82) is 0 Å². The molecule has 1 atom stereocenters. The molecular formula is C21H32N2O6. The van der Waals surface area contributed by atoms with Gasteiger partial charge in [-0.05, 0) is 25.0 Å². The molecule has 3 N–H and O–H groups in total. The van der Waals surface area contributed by atoms with Gasteiger partial charge in [-0.1, -0.05) is 32.1 Å². The molecular weight excluding hydrogens is 376 g/mol. The molecule has 8 heteroatoms. The fourth-order valence-corrected chi connectivity index (χ4v) is 3.55. The second-order valence-corrected chi connectivity index (χ2v) is 7.17. The molecule has 1 aromatic rings. The highest BCUT2D eigenvalue weighted by Gasteiger charge is 2.25. The third-order valence-electron chi connectivity index (χ3n) is 5.18. The van der Waals surface area contributed by atoms with Gasteiger partial charge in [0.1, 0.15) is 6.04 Å². The van der Waals surface area contributed by atoms with Crippen LogP contribution in [-0.2, 0) is 4.79 Å². The number of rotatable bonds is 8. The van der Waals surface area contributed by atoms with E-state index in [0.29, 0.717) is 17.2 Å². The quantitative estimate of drug-likeness (QED) is 0.608. The molecule has 0 radical (unpaired) electrons. The van der Waals surface area contributed by atoms with E-state index >= 15 is 0 Å². The van der Waals surface area contributed by atoms with Crippen molar-refractivity contribution >= 4 is 11.8 Å². The van der Waals surface area contributed by atoms with E-state index in [-0.39, 0.29) is 17.5 Å². The third kappa shape index (κ3) is 6.25. The molecule has 0 spiro atoms. The predicted octanol–water partition coefficient (Wildman–Crippen LogP) is 2.03. The Kier molecular flexibility index (Phi) is 9.05. The van der Waals surface area contributed by atoms with E-state index in [1.54, 1.807) is 0 Å². The van der Waals surface area contributed by atoms with Gasteiger partial charge in [-0.25, -0.2) is 0 Å². The predicted molar refractivity (Wildman–Crippen MR) is 109 cm³/mol. The summed E-state index contributed by atoms with van der Waals surface area (Å²) in [6.45, 7) is -0.491. The van der Waals surface area contributed by atoms with Crippen molar-refractivity contribution in [2.45, 2.75) is 57.0 Å². The SMILES string of the molecule is COc1cc(C(=O)N[C@@H](CO)C(=O)NC2CCCCCCC2)cc(OC)c1OC. The Labute approximate surface area is 171 Å². The summed E-state index contributed by atoms with van der Waals surface area (Å²) >= 11 is 0. The second-order valence-electron chi connectivity index (χ2n) is 7.17. The Morgan fingerprint density at radius 3 is 2.03 bits per heavy atom. The lowest BCUT2D eigenvalue weighted by Gasteiger charge is -2.24. The summed E-state index contributed by atoms with van der Waals surface area (Å²) in [7, 11) is 4.39. The lowest BCUT2D eigenvalue weighted by atomic mass is 9.96. The van der Waals surface area contributed by atoms with E-state index in [9.17, 15) is 14.7 Å². The van der Waals surface area contributed by atoms with Gasteiger partial charge in [-0.2, -0.15) is 0 Å². The van der Waals surface area contributed by atoms with Gasteiger partial charge in [0.25, 0.3) is 5.91 Å². The summed E-state index contributed by atoms with van der Waals surface area (Å²) in [5.74, 6) is 0.135. The molecule has 0 unspecified atom stereocenters. The van der Waals surface area contributed by atoms with Crippen LogP contribution in [0.15, 0.2) is 12.1 Å². The first-order chi connectivity index (χ1) is 14.0. The van der Waals surface area contributed by atoms with Crippen molar-refractivity contribution in [1.82, 2.24) is 10.6 Å². The molecule has 29 heavy (non-hydrogen) atoms. The fourth-order valence-electron chi connectivity index (χ4n) is 3.55. The Morgan fingerprint density at radius 2 is 1.55 bits per heavy atom. The lowest BCUT2D eigenvalue weighted by Crippen LogP contribution is -2.51. The Balaban J connectivity index is 2.07. The monoisotopic (exact) mass is 408 g/mol. The van der Waals surface area contributed by atoms with E-state index in [0.717, 1.165) is 25.7 Å². The number of aliphatic hydroxyl groups is 1. The molecule has 2 rings (SSSR count). The maximum Gasteiger partial charge on any atom is 0.252 e. The molecule has 1 aliphatic carbocycles. The summed E-state index contributed by atoms with van der Waals surface area (Å²) in [4.78, 5) is 25.3. The van der Waals surface area contributed by atoms with Crippen LogP contribution in [0.1, 0.15) is 55.3 Å². The molecule has 0 bridgehead atoms. The van der Waals surface area contributed by atoms with Gasteiger partial charge in [-0.15, -0.1) is 0 Å². The molecule has 2 amide bonds. The first-order valence-corrected chi connectivity index (χ1v) is 10.1. The van der Waals surface area contributed by atoms with Gasteiger partial charge < -0.3 is 30.0 Å². The zero-order chi connectivity index (χ0) is 21.2. The van der Waals surface area contributed by atoms with Crippen LogP contribution in [0.25, 0.3) is 0 Å². The summed E-state index contributed by atoms with van der Waals surface area (Å²) in [6, 6.07) is 2.04. The van der Waals surface area contributed by atoms with E-state index in [2.05, 4.69) is 10.6 Å². The Hall–Kier alpha value is -2.48. The number of hydrogen-bond donors (Lipinski definition) is 3. The highest BCUT2D eigenvalue weighted by molar-refractivity contribution is 5.98. The van der Waals surface area contributed by atoms with Crippen LogP contribution < -0.4 is 24.8 Å².